The van der Waals surface area contributed by atoms with Gasteiger partial charge in [-0.1, -0.05) is 0 Å². The fraction of sp³-hybridized carbons (Fsp3) is 0.182. The molecule has 0 heterocycles. The zero-order valence-corrected chi connectivity index (χ0v) is 11.1. The summed E-state index contributed by atoms with van der Waals surface area (Å²) in [5.74, 6) is -1.57. The van der Waals surface area contributed by atoms with E-state index in [-0.39, 0.29) is 11.8 Å². The van der Waals surface area contributed by atoms with Gasteiger partial charge in [-0.05, 0) is 36.2 Å². The molecule has 0 saturated carbocycles. The minimum atomic E-state index is -1.37. The number of carboxylic acid groups (broad SMARTS) is 1. The number of aliphatic imine (C=N–C) groups is 1. The number of aliphatic carboxylic acids is 1. The molecule has 0 fully saturated rings. The van der Waals surface area contributed by atoms with Crippen LogP contribution in [0.2, 0.25) is 0 Å². The van der Waals surface area contributed by atoms with Gasteiger partial charge in [-0.3, -0.25) is 0 Å². The van der Waals surface area contributed by atoms with E-state index >= 15 is 0 Å². The van der Waals surface area contributed by atoms with Crippen molar-refractivity contribution < 1.29 is 19.0 Å². The monoisotopic (exact) mass is 300 g/mol. The Morgan fingerprint density at radius 2 is 2.00 bits per heavy atom. The van der Waals surface area contributed by atoms with Crippen molar-refractivity contribution in [2.75, 3.05) is 12.4 Å². The molecule has 0 amide bonds. The van der Waals surface area contributed by atoms with Crippen LogP contribution in [0.4, 0.5) is 4.39 Å². The smallest absolute Gasteiger partial charge is 0.371 e. The number of guanidine groups is 1. The highest BCUT2D eigenvalue weighted by Crippen LogP contribution is 2.11. The molecule has 9 heteroatoms. The maximum atomic E-state index is 12.6. The minimum Gasteiger partial charge on any atom is -0.493 e. The molecule has 0 aliphatic heterocycles. The number of hydrogen-bond acceptors (Lipinski definition) is 4. The molecule has 0 radical (unpaired) electrons. The molecule has 108 valence electrons. The molecular formula is C11H13FN4O3S. The van der Waals surface area contributed by atoms with Gasteiger partial charge in [0.15, 0.2) is 0 Å². The summed E-state index contributed by atoms with van der Waals surface area (Å²) in [6.07, 6.45) is 0. The lowest BCUT2D eigenvalue weighted by Crippen LogP contribution is -2.26. The second-order valence-electron chi connectivity index (χ2n) is 3.39. The molecular weight excluding hydrogens is 287 g/mol. The molecule has 0 bridgehead atoms. The summed E-state index contributed by atoms with van der Waals surface area (Å²) in [5.41, 5.74) is 10.4. The second-order valence-corrected chi connectivity index (χ2v) is 4.24. The van der Waals surface area contributed by atoms with Crippen molar-refractivity contribution in [2.45, 2.75) is 0 Å². The molecule has 1 rings (SSSR count). The summed E-state index contributed by atoms with van der Waals surface area (Å²) in [6.45, 7) is 0.325. The molecule has 0 saturated heterocycles. The summed E-state index contributed by atoms with van der Waals surface area (Å²) in [7, 11) is 0. The van der Waals surface area contributed by atoms with Gasteiger partial charge in [0.1, 0.15) is 11.6 Å². The lowest BCUT2D eigenvalue weighted by molar-refractivity contribution is -0.129. The molecule has 0 aliphatic rings. The largest absolute Gasteiger partial charge is 0.493 e. The topological polar surface area (TPSA) is 123 Å². The summed E-state index contributed by atoms with van der Waals surface area (Å²) < 4.78 is 21.7. The molecule has 0 aromatic heterocycles. The van der Waals surface area contributed by atoms with E-state index in [0.717, 1.165) is 11.9 Å². The van der Waals surface area contributed by atoms with Gasteiger partial charge in [0.25, 0.3) is 0 Å². The van der Waals surface area contributed by atoms with Gasteiger partial charge >= 0.3 is 5.97 Å². The lowest BCUT2D eigenvalue weighted by atomic mass is 10.3. The van der Waals surface area contributed by atoms with Crippen LogP contribution in [-0.4, -0.2) is 35.2 Å². The summed E-state index contributed by atoms with van der Waals surface area (Å²) in [4.78, 5) is 13.7. The number of halogens is 1. The zero-order chi connectivity index (χ0) is 15.0. The van der Waals surface area contributed by atoms with E-state index in [1.54, 1.807) is 0 Å². The van der Waals surface area contributed by atoms with Crippen molar-refractivity contribution in [2.24, 2.45) is 20.9 Å². The fourth-order valence-corrected chi connectivity index (χ4v) is 1.45. The number of ether oxygens (including phenoxy) is 1. The number of nitrogens with two attached hydrogens (primary N) is 2. The maximum Gasteiger partial charge on any atom is 0.371 e. The Morgan fingerprint density at radius 1 is 1.35 bits per heavy atom. The van der Waals surface area contributed by atoms with E-state index in [4.69, 9.17) is 21.3 Å². The Balaban J connectivity index is 2.29. The van der Waals surface area contributed by atoms with Crippen molar-refractivity contribution >= 4 is 29.7 Å². The lowest BCUT2D eigenvalue weighted by Gasteiger charge is -2.03. The van der Waals surface area contributed by atoms with E-state index in [0.29, 0.717) is 18.1 Å². The molecule has 0 aliphatic carbocycles. The van der Waals surface area contributed by atoms with Gasteiger partial charge in [0.05, 0.1) is 6.61 Å². The SMILES string of the molecule is N/C(=N\C(N)=N\SCCOc1ccc(F)cc1)C(=O)O. The quantitative estimate of drug-likeness (QED) is 0.317. The number of nitrogens with zero attached hydrogens (tertiary/aromatic N) is 2. The average Bonchev–Trinajstić information content (AvgIpc) is 2.40. The Morgan fingerprint density at radius 3 is 2.60 bits per heavy atom. The van der Waals surface area contributed by atoms with Crippen LogP contribution in [0.3, 0.4) is 0 Å². The van der Waals surface area contributed by atoms with Crippen molar-refractivity contribution in [3.63, 3.8) is 0 Å². The number of hydrogen-bond donors (Lipinski definition) is 3. The molecule has 0 unspecified atom stereocenters. The number of benzene rings is 1. The molecule has 7 nitrogen and oxygen atoms in total. The van der Waals surface area contributed by atoms with Crippen LogP contribution in [0, 0.1) is 5.82 Å². The number of carbonyl (C=O) groups is 1. The standard InChI is InChI=1S/C11H13FN4O3S/c12-7-1-3-8(4-2-7)19-5-6-20-16-11(14)15-9(13)10(17)18/h1-4H,5-6H2,(H,17,18)(H4,13,14,15,16). The first-order valence-corrected chi connectivity index (χ1v) is 6.34. The predicted octanol–water partition coefficient (Wildman–Crippen LogP) is 0.609. The number of rotatable bonds is 5. The van der Waals surface area contributed by atoms with Gasteiger partial charge in [-0.25, -0.2) is 9.18 Å². The normalized spacial score (nSPS) is 12.2. The van der Waals surface area contributed by atoms with Crippen LogP contribution in [0.25, 0.3) is 0 Å². The van der Waals surface area contributed by atoms with Crippen LogP contribution in [-0.2, 0) is 4.79 Å². The van der Waals surface area contributed by atoms with Crippen LogP contribution in [0.15, 0.2) is 33.7 Å². The first-order chi connectivity index (χ1) is 9.49. The zero-order valence-electron chi connectivity index (χ0n) is 10.3. The van der Waals surface area contributed by atoms with Gasteiger partial charge in [-0.15, -0.1) is 0 Å². The Labute approximate surface area is 118 Å². The number of amidine groups is 1. The predicted molar refractivity (Wildman–Crippen MR) is 75.2 cm³/mol. The third-order valence-electron chi connectivity index (χ3n) is 1.87. The van der Waals surface area contributed by atoms with E-state index in [1.807, 2.05) is 0 Å². The Kier molecular flexibility index (Phi) is 6.30. The highest BCUT2D eigenvalue weighted by atomic mass is 32.2. The summed E-state index contributed by atoms with van der Waals surface area (Å²) in [6, 6.07) is 5.61. The van der Waals surface area contributed by atoms with Crippen molar-refractivity contribution in [1.29, 1.82) is 0 Å². The minimum absolute atomic E-state index is 0.239. The van der Waals surface area contributed by atoms with Crippen LogP contribution in [0.1, 0.15) is 0 Å². The summed E-state index contributed by atoms with van der Waals surface area (Å²) >= 11 is 1.05. The molecule has 0 spiro atoms. The van der Waals surface area contributed by atoms with Crippen molar-refractivity contribution in [1.82, 2.24) is 0 Å². The fourth-order valence-electron chi connectivity index (χ4n) is 1.03. The average molecular weight is 300 g/mol. The molecule has 20 heavy (non-hydrogen) atoms. The van der Waals surface area contributed by atoms with Crippen LogP contribution >= 0.6 is 11.9 Å². The molecule has 1 aromatic carbocycles. The first kappa shape index (κ1) is 15.8. The van der Waals surface area contributed by atoms with E-state index < -0.39 is 11.8 Å². The molecule has 1 aromatic rings. The second kappa shape index (κ2) is 8.00. The highest BCUT2D eigenvalue weighted by Gasteiger charge is 2.03. The number of carboxylic acids is 1. The van der Waals surface area contributed by atoms with Crippen molar-refractivity contribution in [3.8, 4) is 5.75 Å². The van der Waals surface area contributed by atoms with Gasteiger partial charge in [-0.2, -0.15) is 9.39 Å². The van der Waals surface area contributed by atoms with E-state index in [9.17, 15) is 9.18 Å². The molecule has 0 atom stereocenters. The Bertz CT molecular complexity index is 519. The molecule has 5 N–H and O–H groups in total. The summed E-state index contributed by atoms with van der Waals surface area (Å²) in [5, 5.41) is 8.47. The van der Waals surface area contributed by atoms with E-state index in [2.05, 4.69) is 9.39 Å². The van der Waals surface area contributed by atoms with Gasteiger partial charge < -0.3 is 21.3 Å². The third-order valence-corrected chi connectivity index (χ3v) is 2.53. The van der Waals surface area contributed by atoms with E-state index in [1.165, 1.54) is 24.3 Å². The first-order valence-electron chi connectivity index (χ1n) is 5.40. The van der Waals surface area contributed by atoms with Crippen LogP contribution in [0.5, 0.6) is 5.75 Å². The Hall–Kier alpha value is -2.29. The maximum absolute atomic E-state index is 12.6. The third kappa shape index (κ3) is 6.05. The van der Waals surface area contributed by atoms with Crippen LogP contribution < -0.4 is 16.2 Å². The van der Waals surface area contributed by atoms with Gasteiger partial charge in [0.2, 0.25) is 11.8 Å². The highest BCUT2D eigenvalue weighted by molar-refractivity contribution is 7.98. The van der Waals surface area contributed by atoms with Crippen molar-refractivity contribution in [3.05, 3.63) is 30.1 Å². The van der Waals surface area contributed by atoms with Gasteiger partial charge in [0, 0.05) is 5.75 Å².